The zero-order valence-electron chi connectivity index (χ0n) is 18.6. The van der Waals surface area contributed by atoms with Gasteiger partial charge in [0.05, 0.1) is 0 Å². The number of Topliss-reactive ketones (excluding diaryl/α,β-unsaturated/α-hetero) is 1. The van der Waals surface area contributed by atoms with E-state index in [1.54, 1.807) is 0 Å². The van der Waals surface area contributed by atoms with Crippen molar-refractivity contribution >= 4 is 29.7 Å². The molecule has 178 valence electrons. The Morgan fingerprint density at radius 1 is 0.824 bits per heavy atom. The van der Waals surface area contributed by atoms with Gasteiger partial charge in [-0.25, -0.2) is 0 Å². The van der Waals surface area contributed by atoms with Crippen LogP contribution in [-0.2, 0) is 23.9 Å². The largest absolute Gasteiger partial charge is 0.507 e. The van der Waals surface area contributed by atoms with Gasteiger partial charge in [0.25, 0.3) is 0 Å². The summed E-state index contributed by atoms with van der Waals surface area (Å²) in [4.78, 5) is 59.1. The molecule has 0 aromatic heterocycles. The number of ketones is 1. The Balaban J connectivity index is 2.12. The molecule has 0 bridgehead atoms. The van der Waals surface area contributed by atoms with Gasteiger partial charge in [-0.3, -0.25) is 24.0 Å². The third-order valence-corrected chi connectivity index (χ3v) is 4.45. The lowest BCUT2D eigenvalue weighted by molar-refractivity contribution is -0.149. The predicted molar refractivity (Wildman–Crippen MR) is 112 cm³/mol. The molecule has 0 unspecified atom stereocenters. The van der Waals surface area contributed by atoms with Gasteiger partial charge in [-0.15, -0.1) is 0 Å². The summed E-state index contributed by atoms with van der Waals surface area (Å²) < 4.78 is 26.2. The van der Waals surface area contributed by atoms with Gasteiger partial charge in [0.2, 0.25) is 11.9 Å². The van der Waals surface area contributed by atoms with E-state index in [1.165, 1.54) is 24.3 Å². The molecule has 2 aromatic carbocycles. The summed E-state index contributed by atoms with van der Waals surface area (Å²) in [5, 5.41) is 10.4. The van der Waals surface area contributed by atoms with Crippen LogP contribution in [0.5, 0.6) is 28.7 Å². The van der Waals surface area contributed by atoms with E-state index in [-0.39, 0.29) is 34.1 Å². The van der Waals surface area contributed by atoms with Gasteiger partial charge in [0, 0.05) is 45.4 Å². The monoisotopic (exact) mass is 472 g/mol. The van der Waals surface area contributed by atoms with Gasteiger partial charge in [-0.1, -0.05) is 6.07 Å². The Labute approximate surface area is 193 Å². The molecule has 34 heavy (non-hydrogen) atoms. The van der Waals surface area contributed by atoms with Crippen molar-refractivity contribution in [1.82, 2.24) is 0 Å². The normalized spacial score (nSPS) is 16.5. The number of phenolic OH excluding ortho intramolecular Hbond substituents is 1. The van der Waals surface area contributed by atoms with Crippen LogP contribution in [0.1, 0.15) is 49.7 Å². The van der Waals surface area contributed by atoms with Gasteiger partial charge in [0.1, 0.15) is 22.8 Å². The second-order valence-electron chi connectivity index (χ2n) is 7.24. The van der Waals surface area contributed by atoms with E-state index in [2.05, 4.69) is 0 Å². The van der Waals surface area contributed by atoms with Gasteiger partial charge >= 0.3 is 23.9 Å². The van der Waals surface area contributed by atoms with E-state index in [4.69, 9.17) is 23.7 Å². The minimum Gasteiger partial charge on any atom is -0.507 e. The molecule has 1 aliphatic rings. The fraction of sp³-hybridized carbons (Fsp3) is 0.261. The molecule has 3 rings (SSSR count). The SMILES string of the molecule is CC(=O)Oc1cc(O)c2c(c1)O[C@@H](c1ccc(OC(C)=O)c(OC(C)=O)c1)[C@@H](OC(C)=O)C2=O. The van der Waals surface area contributed by atoms with Crippen LogP contribution in [0, 0.1) is 0 Å². The minimum atomic E-state index is -1.51. The number of benzene rings is 2. The van der Waals surface area contributed by atoms with Crippen molar-refractivity contribution in [3.05, 3.63) is 41.5 Å². The standard InChI is InChI=1S/C23H20O11/c1-10(24)30-15-8-16(28)20-19(9-15)34-22(23(21(20)29)33-13(4)27)14-5-6-17(31-11(2)25)18(7-14)32-12(3)26/h5-9,22-23,28H,1-4H3/t22-,23-/m0/s1. The van der Waals surface area contributed by atoms with Crippen LogP contribution in [0.15, 0.2) is 30.3 Å². The molecule has 0 saturated carbocycles. The Hall–Kier alpha value is -4.41. The third kappa shape index (κ3) is 5.31. The number of rotatable bonds is 5. The average molecular weight is 472 g/mol. The van der Waals surface area contributed by atoms with Crippen molar-refractivity contribution in [2.45, 2.75) is 39.9 Å². The summed E-state index contributed by atoms with van der Waals surface area (Å²) in [6, 6.07) is 6.30. The van der Waals surface area contributed by atoms with E-state index >= 15 is 0 Å². The highest BCUT2D eigenvalue weighted by atomic mass is 16.6. The Morgan fingerprint density at radius 2 is 1.44 bits per heavy atom. The molecule has 0 fully saturated rings. The fourth-order valence-electron chi connectivity index (χ4n) is 3.33. The lowest BCUT2D eigenvalue weighted by Gasteiger charge is -2.32. The average Bonchev–Trinajstić information content (AvgIpc) is 2.69. The van der Waals surface area contributed by atoms with Crippen LogP contribution in [0.2, 0.25) is 0 Å². The highest BCUT2D eigenvalue weighted by Gasteiger charge is 2.43. The van der Waals surface area contributed by atoms with E-state index in [0.717, 1.165) is 33.8 Å². The number of phenols is 1. The third-order valence-electron chi connectivity index (χ3n) is 4.45. The Morgan fingerprint density at radius 3 is 2.03 bits per heavy atom. The van der Waals surface area contributed by atoms with Crippen molar-refractivity contribution in [3.8, 4) is 28.7 Å². The maximum atomic E-state index is 13.2. The summed E-state index contributed by atoms with van der Waals surface area (Å²) in [6.45, 7) is 4.55. The maximum absolute atomic E-state index is 13.2. The zero-order chi connectivity index (χ0) is 25.2. The molecule has 1 heterocycles. The summed E-state index contributed by atoms with van der Waals surface area (Å²) in [5.74, 6) is -4.54. The molecule has 0 radical (unpaired) electrons. The molecular weight excluding hydrogens is 452 g/mol. The van der Waals surface area contributed by atoms with E-state index in [9.17, 15) is 29.1 Å². The second-order valence-corrected chi connectivity index (χ2v) is 7.24. The van der Waals surface area contributed by atoms with Gasteiger partial charge in [0.15, 0.2) is 17.6 Å². The number of carbonyl (C=O) groups is 5. The lowest BCUT2D eigenvalue weighted by Crippen LogP contribution is -2.39. The van der Waals surface area contributed by atoms with E-state index in [1.807, 2.05) is 0 Å². The van der Waals surface area contributed by atoms with Crippen LogP contribution in [0.3, 0.4) is 0 Å². The van der Waals surface area contributed by atoms with Crippen molar-refractivity contribution in [2.75, 3.05) is 0 Å². The molecule has 0 spiro atoms. The molecule has 1 aliphatic heterocycles. The lowest BCUT2D eigenvalue weighted by atomic mass is 9.92. The first-order chi connectivity index (χ1) is 16.0. The van der Waals surface area contributed by atoms with Crippen LogP contribution in [-0.4, -0.2) is 40.9 Å². The summed E-state index contributed by atoms with van der Waals surface area (Å²) in [7, 11) is 0. The number of carbonyl (C=O) groups excluding carboxylic acids is 5. The van der Waals surface area contributed by atoms with Crippen molar-refractivity contribution in [1.29, 1.82) is 0 Å². The molecule has 0 aliphatic carbocycles. The van der Waals surface area contributed by atoms with Crippen molar-refractivity contribution in [2.24, 2.45) is 0 Å². The summed E-state index contributed by atoms with van der Waals surface area (Å²) in [6.07, 6.45) is -2.77. The number of esters is 4. The molecule has 11 nitrogen and oxygen atoms in total. The zero-order valence-corrected chi connectivity index (χ0v) is 18.6. The molecule has 2 aromatic rings. The van der Waals surface area contributed by atoms with Crippen LogP contribution >= 0.6 is 0 Å². The van der Waals surface area contributed by atoms with Gasteiger partial charge < -0.3 is 28.8 Å². The van der Waals surface area contributed by atoms with E-state index < -0.39 is 47.6 Å². The molecule has 0 amide bonds. The Kier molecular flexibility index (Phi) is 6.85. The second kappa shape index (κ2) is 9.61. The molecular formula is C23H20O11. The fourth-order valence-corrected chi connectivity index (χ4v) is 3.33. The highest BCUT2D eigenvalue weighted by molar-refractivity contribution is 6.06. The minimum absolute atomic E-state index is 0.0622. The smallest absolute Gasteiger partial charge is 0.308 e. The number of hydrogen-bond acceptors (Lipinski definition) is 11. The van der Waals surface area contributed by atoms with Crippen LogP contribution in [0.25, 0.3) is 0 Å². The quantitative estimate of drug-likeness (QED) is 0.504. The van der Waals surface area contributed by atoms with Gasteiger partial charge in [-0.05, 0) is 12.1 Å². The van der Waals surface area contributed by atoms with Gasteiger partial charge in [-0.2, -0.15) is 0 Å². The topological polar surface area (TPSA) is 152 Å². The number of ether oxygens (including phenoxy) is 5. The molecule has 0 saturated heterocycles. The predicted octanol–water partition coefficient (Wildman–Crippen LogP) is 2.42. The summed E-state index contributed by atoms with van der Waals surface area (Å²) >= 11 is 0. The van der Waals surface area contributed by atoms with Crippen molar-refractivity contribution < 1.29 is 52.8 Å². The highest BCUT2D eigenvalue weighted by Crippen LogP contribution is 2.44. The molecule has 2 atom stereocenters. The van der Waals surface area contributed by atoms with Crippen LogP contribution in [0.4, 0.5) is 0 Å². The number of fused-ring (bicyclic) bond motifs is 1. The first-order valence-electron chi connectivity index (χ1n) is 9.90. The first-order valence-corrected chi connectivity index (χ1v) is 9.90. The van der Waals surface area contributed by atoms with Crippen LogP contribution < -0.4 is 18.9 Å². The van der Waals surface area contributed by atoms with Crippen molar-refractivity contribution in [3.63, 3.8) is 0 Å². The number of aromatic hydroxyl groups is 1. The summed E-state index contributed by atoms with van der Waals surface area (Å²) in [5.41, 5.74) is -0.0510. The van der Waals surface area contributed by atoms with E-state index in [0.29, 0.717) is 0 Å². The Bertz CT molecular complexity index is 1200. The molecule has 11 heteroatoms. The molecule has 1 N–H and O–H groups in total. The maximum Gasteiger partial charge on any atom is 0.308 e. The first kappa shape index (κ1) is 24.2. The number of hydrogen-bond donors (Lipinski definition) is 1.